The lowest BCUT2D eigenvalue weighted by Crippen LogP contribution is -2.74. The van der Waals surface area contributed by atoms with Crippen LogP contribution in [0.5, 0.6) is 0 Å². The van der Waals surface area contributed by atoms with Crippen LogP contribution >= 0.6 is 0 Å². The predicted octanol–water partition coefficient (Wildman–Crippen LogP) is 11.5. The van der Waals surface area contributed by atoms with Gasteiger partial charge in [-0.15, -0.1) is 0 Å². The number of aromatic nitrogens is 2. The normalized spacial score (nSPS) is 15.9. The van der Waals surface area contributed by atoms with Crippen LogP contribution in [0.25, 0.3) is 21.5 Å². The van der Waals surface area contributed by atoms with Crippen LogP contribution in [0.15, 0.2) is 31.3 Å². The van der Waals surface area contributed by atoms with Crippen LogP contribution in [0, 0.1) is 0 Å². The maximum atomic E-state index is 14.4. The number of benzene rings is 1. The van der Waals surface area contributed by atoms with Crippen LogP contribution in [0.3, 0.4) is 0 Å². The van der Waals surface area contributed by atoms with Crippen LogP contribution in [-0.4, -0.2) is 104 Å². The molecule has 3 rings (SSSR count). The van der Waals surface area contributed by atoms with Crippen molar-refractivity contribution >= 4 is 21.5 Å². The predicted molar refractivity (Wildman–Crippen MR) is 165 cm³/mol. The highest BCUT2D eigenvalue weighted by Gasteiger charge is 2.97. The van der Waals surface area contributed by atoms with Crippen molar-refractivity contribution in [1.82, 2.24) is 9.13 Å². The maximum absolute atomic E-state index is 14.4. The van der Waals surface area contributed by atoms with Crippen molar-refractivity contribution in [2.45, 2.75) is 134 Å². The van der Waals surface area contributed by atoms with E-state index in [1.54, 1.807) is 0 Å². The zero-order valence-electron chi connectivity index (χ0n) is 32.8. The van der Waals surface area contributed by atoms with E-state index in [4.69, 9.17) is 0 Å². The molecule has 0 fully saturated rings. The highest BCUT2D eigenvalue weighted by molar-refractivity contribution is 5.97. The first-order valence-electron chi connectivity index (χ1n) is 17.6. The Balaban J connectivity index is 1.93. The van der Waals surface area contributed by atoms with Crippen molar-refractivity contribution in [2.75, 3.05) is 0 Å². The Bertz CT molecular complexity index is 2490. The number of hydrogen-bond acceptors (Lipinski definition) is 4. The standard InChI is InChI=1S/C32H14F34N2O4/c33-17(34,19(37,38)21(41,42)23(45,46)25(49,50)27(53,54)29(57,58)31(61,62)63)3-1-5-67-13(69)9-7-11-12(8-10(9)14(67)70)16(72)68(15(11)71)6-2-4-18(35,36)20(39,40)22(43,44)24(47,48)26(51,52)28(55,56)30(59,60)32(64,65)66/h7-8H,1-6H2. The number of nitrogens with zero attached hydrogens (tertiary/aromatic N) is 2. The molecule has 2 heterocycles. The molecular weight excluding hydrogens is 1120 g/mol. The molecule has 0 spiro atoms. The molecule has 0 aliphatic carbocycles. The molecule has 72 heavy (non-hydrogen) atoms. The minimum atomic E-state index is -8.96. The molecule has 0 saturated heterocycles. The van der Waals surface area contributed by atoms with Crippen molar-refractivity contribution in [3.05, 3.63) is 53.5 Å². The zero-order valence-corrected chi connectivity index (χ0v) is 32.8. The SMILES string of the molecule is O=c1c2cc3c(=O)n(CCCC(F)(F)C(F)(F)C(F)(F)C(F)(F)C(F)(F)C(F)(F)C(F)(F)C(F)(F)F)c(=O)c3cc2c(=O)n1CCCC(F)(F)C(F)(F)C(F)(F)C(F)(F)C(F)(F)C(F)(F)C(F)(F)C(F)(F)F. The number of fused-ring (bicyclic) bond motifs is 2. The molecule has 0 aliphatic rings. The summed E-state index contributed by atoms with van der Waals surface area (Å²) in [4.78, 5) is 51.3. The largest absolute Gasteiger partial charge is 0.460 e. The van der Waals surface area contributed by atoms with Gasteiger partial charge in [0.2, 0.25) is 0 Å². The first-order chi connectivity index (χ1) is 31.3. The highest BCUT2D eigenvalue weighted by Crippen LogP contribution is 2.66. The molecule has 0 unspecified atom stereocenters. The third kappa shape index (κ3) is 7.98. The van der Waals surface area contributed by atoms with E-state index in [0.29, 0.717) is 0 Å². The summed E-state index contributed by atoms with van der Waals surface area (Å²) in [5.74, 6) is -118. The molecule has 40 heteroatoms. The summed E-state index contributed by atoms with van der Waals surface area (Å²) in [6.07, 6.45) is -26.6. The summed E-state index contributed by atoms with van der Waals surface area (Å²) >= 11 is 0. The topological polar surface area (TPSA) is 78.1 Å². The van der Waals surface area contributed by atoms with Crippen LogP contribution in [0.4, 0.5) is 149 Å². The molecular formula is C32H14F34N2O4. The highest BCUT2D eigenvalue weighted by atomic mass is 19.4. The van der Waals surface area contributed by atoms with Gasteiger partial charge in [-0.1, -0.05) is 0 Å². The number of hydrogen-bond donors (Lipinski definition) is 0. The zero-order chi connectivity index (χ0) is 57.4. The summed E-state index contributed by atoms with van der Waals surface area (Å²) in [5, 5.41) is -4.91. The summed E-state index contributed by atoms with van der Waals surface area (Å²) in [5.41, 5.74) is -7.77. The third-order valence-electron chi connectivity index (χ3n) is 10.4. The number of rotatable bonds is 20. The van der Waals surface area contributed by atoms with Gasteiger partial charge in [-0.3, -0.25) is 28.3 Å². The Morgan fingerprint density at radius 1 is 0.264 bits per heavy atom. The smallest absolute Gasteiger partial charge is 0.274 e. The molecule has 0 saturated carbocycles. The van der Waals surface area contributed by atoms with Crippen LogP contribution in [-0.2, 0) is 13.1 Å². The van der Waals surface area contributed by atoms with Crippen molar-refractivity contribution in [2.24, 2.45) is 0 Å². The molecule has 3 aromatic rings. The lowest BCUT2D eigenvalue weighted by Gasteiger charge is -2.42. The monoisotopic (exact) mass is 1140 g/mol. The Kier molecular flexibility index (Phi) is 14.3. The molecule has 2 aromatic heterocycles. The summed E-state index contributed by atoms with van der Waals surface area (Å²) < 4.78 is 460. The molecule has 6 nitrogen and oxygen atoms in total. The molecule has 0 amide bonds. The molecule has 0 N–H and O–H groups in total. The van der Waals surface area contributed by atoms with Crippen molar-refractivity contribution in [3.8, 4) is 0 Å². The molecule has 0 atom stereocenters. The van der Waals surface area contributed by atoms with Crippen molar-refractivity contribution in [1.29, 1.82) is 0 Å². The minimum absolute atomic E-state index is 0.110. The van der Waals surface area contributed by atoms with Crippen LogP contribution < -0.4 is 22.2 Å². The van der Waals surface area contributed by atoms with Gasteiger partial charge in [-0.25, -0.2) is 0 Å². The maximum Gasteiger partial charge on any atom is 0.460 e. The van der Waals surface area contributed by atoms with E-state index in [0.717, 1.165) is 0 Å². The van der Waals surface area contributed by atoms with E-state index in [9.17, 15) is 168 Å². The average Bonchev–Trinajstić information content (AvgIpc) is 3.57. The minimum Gasteiger partial charge on any atom is -0.274 e. The fraction of sp³-hybridized carbons (Fsp3) is 0.688. The second kappa shape index (κ2) is 16.8. The van der Waals surface area contributed by atoms with Gasteiger partial charge in [0.1, 0.15) is 0 Å². The van der Waals surface area contributed by atoms with Gasteiger partial charge in [-0.2, -0.15) is 149 Å². The van der Waals surface area contributed by atoms with Crippen LogP contribution in [0.1, 0.15) is 25.7 Å². The third-order valence-corrected chi connectivity index (χ3v) is 10.4. The first-order valence-corrected chi connectivity index (χ1v) is 17.6. The van der Waals surface area contributed by atoms with Crippen LogP contribution in [0.2, 0.25) is 0 Å². The quantitative estimate of drug-likeness (QED) is 0.106. The number of halogens is 34. The van der Waals surface area contributed by atoms with E-state index in [1.165, 1.54) is 0 Å². The van der Waals surface area contributed by atoms with E-state index in [1.807, 2.05) is 0 Å². The van der Waals surface area contributed by atoms with Gasteiger partial charge in [0.25, 0.3) is 22.2 Å². The molecule has 0 aliphatic heterocycles. The fourth-order valence-electron chi connectivity index (χ4n) is 6.10. The van der Waals surface area contributed by atoms with Gasteiger partial charge in [0.05, 0.1) is 21.5 Å². The molecule has 0 bridgehead atoms. The fourth-order valence-corrected chi connectivity index (χ4v) is 6.10. The van der Waals surface area contributed by atoms with E-state index in [-0.39, 0.29) is 12.1 Å². The first kappa shape index (κ1) is 61.4. The summed E-state index contributed by atoms with van der Waals surface area (Å²) in [7, 11) is 0. The van der Waals surface area contributed by atoms with Gasteiger partial charge in [-0.05, 0) is 25.0 Å². The summed E-state index contributed by atoms with van der Waals surface area (Å²) in [6, 6.07) is 0.219. The van der Waals surface area contributed by atoms with Crippen molar-refractivity contribution < 1.29 is 149 Å². The van der Waals surface area contributed by atoms with Gasteiger partial charge < -0.3 is 0 Å². The average molecular weight is 1140 g/mol. The van der Waals surface area contributed by atoms with E-state index < -0.39 is 187 Å². The second-order valence-corrected chi connectivity index (χ2v) is 15.0. The van der Waals surface area contributed by atoms with Gasteiger partial charge in [0, 0.05) is 25.9 Å². The Morgan fingerprint density at radius 2 is 0.431 bits per heavy atom. The molecule has 0 radical (unpaired) electrons. The van der Waals surface area contributed by atoms with Gasteiger partial charge in [0.15, 0.2) is 0 Å². The Morgan fingerprint density at radius 3 is 0.611 bits per heavy atom. The second-order valence-electron chi connectivity index (χ2n) is 15.0. The van der Waals surface area contributed by atoms with E-state index in [2.05, 4.69) is 0 Å². The molecule has 414 valence electrons. The lowest BCUT2D eigenvalue weighted by atomic mass is 9.88. The van der Waals surface area contributed by atoms with E-state index >= 15 is 0 Å². The van der Waals surface area contributed by atoms with Crippen molar-refractivity contribution in [3.63, 3.8) is 0 Å². The molecule has 1 aromatic carbocycles. The summed E-state index contributed by atoms with van der Waals surface area (Å²) in [6.45, 7) is -3.71. The Hall–Kier alpha value is -4.88. The Labute approximate surface area is 368 Å². The lowest BCUT2D eigenvalue weighted by molar-refractivity contribution is -0.461. The van der Waals surface area contributed by atoms with Gasteiger partial charge >= 0.3 is 95.3 Å². The number of alkyl halides is 34.